The number of halogens is 2. The Balaban J connectivity index is 2.16. The van der Waals surface area contributed by atoms with Crippen molar-refractivity contribution in [3.63, 3.8) is 0 Å². The van der Waals surface area contributed by atoms with Gasteiger partial charge in [-0.15, -0.1) is 0 Å². The van der Waals surface area contributed by atoms with Gasteiger partial charge >= 0.3 is 0 Å². The summed E-state index contributed by atoms with van der Waals surface area (Å²) in [5.74, 6) is 0. The van der Waals surface area contributed by atoms with Gasteiger partial charge in [0.25, 0.3) is 0 Å². The quantitative estimate of drug-likeness (QED) is 0.902. The Hall–Kier alpha value is -0.250. The van der Waals surface area contributed by atoms with Crippen molar-refractivity contribution in [1.82, 2.24) is 5.32 Å². The van der Waals surface area contributed by atoms with Gasteiger partial charge in [-0.1, -0.05) is 11.6 Å². The molecule has 88 valence electrons. The lowest BCUT2D eigenvalue weighted by atomic mass is 10.1. The third-order valence-electron chi connectivity index (χ3n) is 3.08. The van der Waals surface area contributed by atoms with Crippen LogP contribution in [0.2, 0.25) is 5.02 Å². The van der Waals surface area contributed by atoms with Gasteiger partial charge in [0.05, 0.1) is 5.69 Å². The fourth-order valence-electron chi connectivity index (χ4n) is 2.17. The van der Waals surface area contributed by atoms with Crippen molar-refractivity contribution in [1.29, 1.82) is 0 Å². The predicted octanol–water partition coefficient (Wildman–Crippen LogP) is 3.29. The van der Waals surface area contributed by atoms with E-state index in [4.69, 9.17) is 11.6 Å². The van der Waals surface area contributed by atoms with Crippen LogP contribution in [0.3, 0.4) is 0 Å². The first-order valence-electron chi connectivity index (χ1n) is 5.58. The van der Waals surface area contributed by atoms with Crippen molar-refractivity contribution in [2.75, 3.05) is 25.0 Å². The number of benzene rings is 1. The van der Waals surface area contributed by atoms with Crippen LogP contribution in [0.25, 0.3) is 0 Å². The molecule has 2 rings (SSSR count). The number of nitrogens with one attached hydrogen (secondary N) is 1. The molecule has 0 aliphatic carbocycles. The number of hydrogen-bond acceptors (Lipinski definition) is 2. The average molecular weight is 304 g/mol. The van der Waals surface area contributed by atoms with Gasteiger partial charge in [-0.25, -0.2) is 0 Å². The SMILES string of the molecule is CNC1CCCN(c2ccc(Cl)cc2Br)C1. The molecule has 1 N–H and O–H groups in total. The van der Waals surface area contributed by atoms with Crippen LogP contribution in [-0.2, 0) is 0 Å². The van der Waals surface area contributed by atoms with E-state index in [0.29, 0.717) is 6.04 Å². The molecule has 0 radical (unpaired) electrons. The molecule has 16 heavy (non-hydrogen) atoms. The van der Waals surface area contributed by atoms with Gasteiger partial charge in [0.2, 0.25) is 0 Å². The third kappa shape index (κ3) is 2.70. The molecule has 0 aromatic heterocycles. The molecule has 4 heteroatoms. The lowest BCUT2D eigenvalue weighted by molar-refractivity contribution is 0.449. The molecule has 1 fully saturated rings. The largest absolute Gasteiger partial charge is 0.369 e. The summed E-state index contributed by atoms with van der Waals surface area (Å²) in [6, 6.07) is 6.59. The van der Waals surface area contributed by atoms with E-state index in [-0.39, 0.29) is 0 Å². The van der Waals surface area contributed by atoms with Gasteiger partial charge in [0.15, 0.2) is 0 Å². The zero-order valence-corrected chi connectivity index (χ0v) is 11.7. The second-order valence-electron chi connectivity index (χ2n) is 4.17. The first kappa shape index (κ1) is 12.2. The lowest BCUT2D eigenvalue weighted by Crippen LogP contribution is -2.44. The van der Waals surface area contributed by atoms with E-state index in [1.54, 1.807) is 0 Å². The first-order valence-corrected chi connectivity index (χ1v) is 6.75. The second-order valence-corrected chi connectivity index (χ2v) is 5.46. The number of nitrogens with zero attached hydrogens (tertiary/aromatic N) is 1. The molecule has 1 aromatic carbocycles. The number of piperidine rings is 1. The Bertz CT molecular complexity index is 370. The van der Waals surface area contributed by atoms with Crippen molar-refractivity contribution < 1.29 is 0 Å². The highest BCUT2D eigenvalue weighted by molar-refractivity contribution is 9.10. The van der Waals surface area contributed by atoms with Crippen LogP contribution in [-0.4, -0.2) is 26.2 Å². The number of rotatable bonds is 2. The summed E-state index contributed by atoms with van der Waals surface area (Å²) in [6.45, 7) is 2.19. The van der Waals surface area contributed by atoms with Gasteiger partial charge in [0.1, 0.15) is 0 Å². The first-order chi connectivity index (χ1) is 7.70. The zero-order chi connectivity index (χ0) is 11.5. The Morgan fingerprint density at radius 3 is 3.00 bits per heavy atom. The molecule has 0 saturated carbocycles. The van der Waals surface area contributed by atoms with Crippen molar-refractivity contribution >= 4 is 33.2 Å². The molecule has 0 bridgehead atoms. The normalized spacial score (nSPS) is 21.2. The van der Waals surface area contributed by atoms with E-state index in [9.17, 15) is 0 Å². The molecule has 0 spiro atoms. The highest BCUT2D eigenvalue weighted by Crippen LogP contribution is 2.30. The highest BCUT2D eigenvalue weighted by atomic mass is 79.9. The monoisotopic (exact) mass is 302 g/mol. The molecule has 1 atom stereocenters. The van der Waals surface area contributed by atoms with Gasteiger partial charge < -0.3 is 10.2 Å². The van der Waals surface area contributed by atoms with Gasteiger partial charge in [-0.3, -0.25) is 0 Å². The average Bonchev–Trinajstić information content (AvgIpc) is 2.29. The second kappa shape index (κ2) is 5.39. The fourth-order valence-corrected chi connectivity index (χ4v) is 3.10. The minimum Gasteiger partial charge on any atom is -0.369 e. The Kier molecular flexibility index (Phi) is 4.11. The molecular weight excluding hydrogens is 288 g/mol. The molecule has 0 amide bonds. The maximum absolute atomic E-state index is 5.95. The van der Waals surface area contributed by atoms with Crippen LogP contribution in [0.15, 0.2) is 22.7 Å². The van der Waals surface area contributed by atoms with Crippen LogP contribution in [0.1, 0.15) is 12.8 Å². The van der Waals surface area contributed by atoms with Crippen LogP contribution in [0, 0.1) is 0 Å². The van der Waals surface area contributed by atoms with Crippen molar-refractivity contribution in [3.8, 4) is 0 Å². The summed E-state index contributed by atoms with van der Waals surface area (Å²) in [7, 11) is 2.03. The van der Waals surface area contributed by atoms with E-state index < -0.39 is 0 Å². The Morgan fingerprint density at radius 1 is 1.50 bits per heavy atom. The van der Waals surface area contributed by atoms with Crippen LogP contribution in [0.5, 0.6) is 0 Å². The standard InChI is InChI=1S/C12H16BrClN2/c1-15-10-3-2-6-16(8-10)12-5-4-9(14)7-11(12)13/h4-5,7,10,15H,2-3,6,8H2,1H3. The topological polar surface area (TPSA) is 15.3 Å². The fraction of sp³-hybridized carbons (Fsp3) is 0.500. The lowest BCUT2D eigenvalue weighted by Gasteiger charge is -2.34. The summed E-state index contributed by atoms with van der Waals surface area (Å²) in [6.07, 6.45) is 2.50. The number of anilines is 1. The summed E-state index contributed by atoms with van der Waals surface area (Å²) in [5.41, 5.74) is 1.24. The Labute approximate surface area is 110 Å². The van der Waals surface area contributed by atoms with Gasteiger partial charge in [-0.05, 0) is 54.0 Å². The molecule has 1 aromatic rings. The smallest absolute Gasteiger partial charge is 0.0512 e. The molecule has 1 aliphatic heterocycles. The number of hydrogen-bond donors (Lipinski definition) is 1. The highest BCUT2D eigenvalue weighted by Gasteiger charge is 2.19. The zero-order valence-electron chi connectivity index (χ0n) is 9.34. The van der Waals surface area contributed by atoms with Gasteiger partial charge in [0, 0.05) is 28.6 Å². The molecule has 2 nitrogen and oxygen atoms in total. The van der Waals surface area contributed by atoms with Crippen molar-refractivity contribution in [3.05, 3.63) is 27.7 Å². The van der Waals surface area contributed by atoms with Crippen molar-refractivity contribution in [2.24, 2.45) is 0 Å². The van der Waals surface area contributed by atoms with Crippen molar-refractivity contribution in [2.45, 2.75) is 18.9 Å². The molecular formula is C12H16BrClN2. The molecule has 1 heterocycles. The van der Waals surface area contributed by atoms with E-state index in [2.05, 4.69) is 32.2 Å². The maximum atomic E-state index is 5.95. The van der Waals surface area contributed by atoms with E-state index in [1.807, 2.05) is 19.2 Å². The van der Waals surface area contributed by atoms with E-state index >= 15 is 0 Å². The molecule has 1 unspecified atom stereocenters. The van der Waals surface area contributed by atoms with E-state index in [0.717, 1.165) is 22.6 Å². The summed E-state index contributed by atoms with van der Waals surface area (Å²) >= 11 is 9.53. The predicted molar refractivity (Wildman–Crippen MR) is 73.4 cm³/mol. The summed E-state index contributed by atoms with van der Waals surface area (Å²) in [4.78, 5) is 2.41. The number of likely N-dealkylation sites (N-methyl/N-ethyl adjacent to an activating group) is 1. The van der Waals surface area contributed by atoms with E-state index in [1.165, 1.54) is 18.5 Å². The minimum absolute atomic E-state index is 0.594. The summed E-state index contributed by atoms with van der Waals surface area (Å²) < 4.78 is 1.08. The van der Waals surface area contributed by atoms with Crippen LogP contribution < -0.4 is 10.2 Å². The Morgan fingerprint density at radius 2 is 2.31 bits per heavy atom. The van der Waals surface area contributed by atoms with Crippen LogP contribution in [0.4, 0.5) is 5.69 Å². The van der Waals surface area contributed by atoms with Gasteiger partial charge in [-0.2, -0.15) is 0 Å². The summed E-state index contributed by atoms with van der Waals surface area (Å²) in [5, 5.41) is 4.13. The minimum atomic E-state index is 0.594. The molecule has 1 saturated heterocycles. The van der Waals surface area contributed by atoms with Crippen LogP contribution >= 0.6 is 27.5 Å². The third-order valence-corrected chi connectivity index (χ3v) is 3.95. The maximum Gasteiger partial charge on any atom is 0.0512 e. The molecule has 1 aliphatic rings.